The van der Waals surface area contributed by atoms with Crippen molar-refractivity contribution in [2.24, 2.45) is 0 Å². The number of anilines is 6. The molecule has 0 saturated carbocycles. The van der Waals surface area contributed by atoms with Crippen molar-refractivity contribution in [1.29, 1.82) is 0 Å². The van der Waals surface area contributed by atoms with Crippen LogP contribution in [0.5, 0.6) is 0 Å². The van der Waals surface area contributed by atoms with Crippen LogP contribution in [0.4, 0.5) is 34.1 Å². The zero-order valence-corrected chi connectivity index (χ0v) is 62.1. The Morgan fingerprint density at radius 3 is 0.810 bits per heavy atom. The Morgan fingerprint density at radius 2 is 0.533 bits per heavy atom. The third kappa shape index (κ3) is 10.9. The number of hydrogen-bond donors (Lipinski definition) is 0. The van der Waals surface area contributed by atoms with Crippen LogP contribution in [0.2, 0.25) is 0 Å². The molecule has 7 heteroatoms. The Kier molecular flexibility index (Phi) is 15.2. The molecule has 0 saturated heterocycles. The zero-order valence-electron chi connectivity index (χ0n) is 62.1. The summed E-state index contributed by atoms with van der Waals surface area (Å²) in [7, 11) is 0. The van der Waals surface area contributed by atoms with Crippen LogP contribution in [0, 0.1) is 0 Å². The van der Waals surface area contributed by atoms with Crippen LogP contribution in [-0.4, -0.2) is 25.8 Å². The summed E-state index contributed by atoms with van der Waals surface area (Å²) in [6.07, 6.45) is 8.38. The third-order valence-electron chi connectivity index (χ3n) is 22.3. The summed E-state index contributed by atoms with van der Waals surface area (Å²) in [5, 5.41) is 4.92. The molecule has 6 nitrogen and oxygen atoms in total. The second-order valence-electron chi connectivity index (χ2n) is 33.1. The molecular formula is C98H85BN6. The summed E-state index contributed by atoms with van der Waals surface area (Å²) in [5.41, 5.74) is 32.2. The number of aromatic nitrogens is 4. The summed E-state index contributed by atoms with van der Waals surface area (Å²) in [5.74, 6) is 0. The molecule has 0 atom stereocenters. The molecule has 6 heterocycles. The summed E-state index contributed by atoms with van der Waals surface area (Å²) in [6, 6.07) is 103. The van der Waals surface area contributed by atoms with Crippen molar-refractivity contribution in [1.82, 2.24) is 19.1 Å². The quantitative estimate of drug-likeness (QED) is 0.135. The monoisotopic (exact) mass is 1360 g/mol. The lowest BCUT2D eigenvalue weighted by Crippen LogP contribution is -2.61. The van der Waals surface area contributed by atoms with Gasteiger partial charge in [0.2, 0.25) is 0 Å². The van der Waals surface area contributed by atoms with E-state index in [1.54, 1.807) is 0 Å². The molecule has 105 heavy (non-hydrogen) atoms. The fourth-order valence-electron chi connectivity index (χ4n) is 16.7. The number of hydrogen-bond acceptors (Lipinski definition) is 4. The van der Waals surface area contributed by atoms with E-state index in [9.17, 15) is 0 Å². The number of nitrogens with zero attached hydrogens (tertiary/aromatic N) is 6. The lowest BCUT2D eigenvalue weighted by atomic mass is 9.33. The molecule has 2 aliphatic heterocycles. The first-order chi connectivity index (χ1) is 50.6. The molecule has 12 aromatic carbocycles. The van der Waals surface area contributed by atoms with Gasteiger partial charge < -0.3 is 18.9 Å². The highest BCUT2D eigenvalue weighted by molar-refractivity contribution is 7.00. The van der Waals surface area contributed by atoms with E-state index in [0.29, 0.717) is 0 Å². The minimum Gasteiger partial charge on any atom is -0.310 e. The fourth-order valence-corrected chi connectivity index (χ4v) is 16.7. The highest BCUT2D eigenvalue weighted by atomic mass is 15.2. The number of benzene rings is 12. The molecule has 0 unspecified atom stereocenters. The molecule has 0 spiro atoms. The summed E-state index contributed by atoms with van der Waals surface area (Å²) < 4.78 is 5.14. The predicted octanol–water partition coefficient (Wildman–Crippen LogP) is 24.3. The Bertz CT molecular complexity index is 5510. The molecule has 510 valence electrons. The molecule has 0 radical (unpaired) electrons. The van der Waals surface area contributed by atoms with Gasteiger partial charge in [0.25, 0.3) is 6.71 Å². The number of fused-ring (bicyclic) bond motifs is 10. The first-order valence-corrected chi connectivity index (χ1v) is 37.1. The zero-order chi connectivity index (χ0) is 72.0. The standard InChI is InChI=1S/C98H85BN6/c1-95(2,3)68-38-44-74-75-45-39-69(96(4,5)6)53-85(75)102(84(74)52-68)72-42-48-82-88(56-72)104(93-78(63-30-20-14-21-31-63)58-100-59-79(93)64-32-22-15-23-33-64)90-50-67(62-28-18-13-19-29-62)51-91-92(90)99(82)83-49-43-73(103-86-54-70(97(7,8)9)40-46-76(86)77-47-41-71(55-87(77)103)98(10,11)12)57-89(83)105(91)94-80(65-34-24-16-25-35-65)60-101-61-81(94)66-36-26-17-27-37-66/h13-61H,1-12H3. The van der Waals surface area contributed by atoms with Gasteiger partial charge in [-0.05, 0) is 154 Å². The van der Waals surface area contributed by atoms with Gasteiger partial charge in [-0.1, -0.05) is 295 Å². The van der Waals surface area contributed by atoms with Crippen LogP contribution in [0.3, 0.4) is 0 Å². The highest BCUT2D eigenvalue weighted by Gasteiger charge is 2.46. The molecule has 18 rings (SSSR count). The molecule has 4 aromatic heterocycles. The Hall–Kier alpha value is -11.8. The van der Waals surface area contributed by atoms with Gasteiger partial charge in [0.05, 0.1) is 33.4 Å². The van der Waals surface area contributed by atoms with Crippen LogP contribution in [0.25, 0.3) is 111 Å². The fraction of sp³-hybridized carbons (Fsp3) is 0.163. The third-order valence-corrected chi connectivity index (χ3v) is 22.3. The average Bonchev–Trinajstić information content (AvgIpc) is 0.860. The topological polar surface area (TPSA) is 42.1 Å². The number of pyridine rings is 2. The second-order valence-corrected chi connectivity index (χ2v) is 33.1. The van der Waals surface area contributed by atoms with E-state index in [-0.39, 0.29) is 28.4 Å². The summed E-state index contributed by atoms with van der Waals surface area (Å²) in [6.45, 7) is 27.6. The van der Waals surface area contributed by atoms with Gasteiger partial charge in [-0.25, -0.2) is 0 Å². The molecule has 0 N–H and O–H groups in total. The average molecular weight is 1360 g/mol. The van der Waals surface area contributed by atoms with Crippen molar-refractivity contribution in [3.05, 3.63) is 320 Å². The SMILES string of the molecule is CC(C)(C)c1ccc2c3ccc(C(C)(C)C)cc3n(-c3ccc4c(c3)N(c3c(-c5ccccc5)cncc3-c3ccccc3)c3cc(-c5ccccc5)cc5c3B4c3ccc(-n4c6cc(C(C)(C)C)ccc6c6ccc(C(C)(C)C)cc64)cc3N5c3c(-c4ccccc4)cncc3-c3ccccc3)c2c1. The number of rotatable bonds is 9. The van der Waals surface area contributed by atoms with Crippen LogP contribution >= 0.6 is 0 Å². The lowest BCUT2D eigenvalue weighted by molar-refractivity contribution is 0.590. The predicted molar refractivity (Wildman–Crippen MR) is 447 cm³/mol. The molecular weight excluding hydrogens is 1270 g/mol. The lowest BCUT2D eigenvalue weighted by Gasteiger charge is -2.46. The van der Waals surface area contributed by atoms with Gasteiger partial charge in [-0.2, -0.15) is 0 Å². The van der Waals surface area contributed by atoms with E-state index in [1.807, 2.05) is 0 Å². The van der Waals surface area contributed by atoms with E-state index < -0.39 is 0 Å². The van der Waals surface area contributed by atoms with Crippen molar-refractivity contribution in [3.8, 4) is 67.0 Å². The van der Waals surface area contributed by atoms with Crippen molar-refractivity contribution in [2.75, 3.05) is 9.80 Å². The Labute approximate surface area is 617 Å². The van der Waals surface area contributed by atoms with Crippen molar-refractivity contribution < 1.29 is 0 Å². The summed E-state index contributed by atoms with van der Waals surface area (Å²) in [4.78, 5) is 15.8. The molecule has 0 aliphatic carbocycles. The second kappa shape index (κ2) is 24.4. The van der Waals surface area contributed by atoms with Gasteiger partial charge in [0.15, 0.2) is 0 Å². The highest BCUT2D eigenvalue weighted by Crippen LogP contribution is 2.55. The van der Waals surface area contributed by atoms with Crippen molar-refractivity contribution >= 4 is 101 Å². The normalized spacial score (nSPS) is 13.1. The Balaban J connectivity index is 1.03. The van der Waals surface area contributed by atoms with E-state index in [4.69, 9.17) is 9.97 Å². The van der Waals surface area contributed by atoms with E-state index in [2.05, 4.69) is 400 Å². The van der Waals surface area contributed by atoms with Crippen molar-refractivity contribution in [3.63, 3.8) is 0 Å². The first-order valence-electron chi connectivity index (χ1n) is 37.1. The van der Waals surface area contributed by atoms with Crippen LogP contribution < -0.4 is 26.2 Å². The smallest absolute Gasteiger partial charge is 0.252 e. The van der Waals surface area contributed by atoms with Crippen molar-refractivity contribution in [2.45, 2.75) is 105 Å². The van der Waals surface area contributed by atoms with Gasteiger partial charge in [-0.3, -0.25) is 9.97 Å². The van der Waals surface area contributed by atoms with Crippen LogP contribution in [-0.2, 0) is 21.7 Å². The maximum Gasteiger partial charge on any atom is 0.252 e. The van der Waals surface area contributed by atoms with Gasteiger partial charge in [0, 0.05) is 103 Å². The maximum absolute atomic E-state index is 5.22. The molecule has 16 aromatic rings. The van der Waals surface area contributed by atoms with Gasteiger partial charge in [-0.15, -0.1) is 0 Å². The van der Waals surface area contributed by atoms with E-state index >= 15 is 0 Å². The van der Waals surface area contributed by atoms with E-state index in [0.717, 1.165) is 101 Å². The van der Waals surface area contributed by atoms with Crippen LogP contribution in [0.15, 0.2) is 298 Å². The molecule has 0 bridgehead atoms. The van der Waals surface area contributed by atoms with Gasteiger partial charge >= 0.3 is 0 Å². The minimum atomic E-state index is -0.291. The van der Waals surface area contributed by atoms with Gasteiger partial charge in [0.1, 0.15) is 0 Å². The maximum atomic E-state index is 5.22. The molecule has 0 amide bonds. The summed E-state index contributed by atoms with van der Waals surface area (Å²) >= 11 is 0. The van der Waals surface area contributed by atoms with Crippen LogP contribution in [0.1, 0.15) is 105 Å². The van der Waals surface area contributed by atoms with E-state index in [1.165, 1.54) is 82.3 Å². The minimum absolute atomic E-state index is 0.103. The first kappa shape index (κ1) is 65.2. The molecule has 2 aliphatic rings. The largest absolute Gasteiger partial charge is 0.310 e. The Morgan fingerprint density at radius 1 is 0.257 bits per heavy atom. The molecule has 0 fully saturated rings.